The summed E-state index contributed by atoms with van der Waals surface area (Å²) in [4.78, 5) is 42.6. The highest BCUT2D eigenvalue weighted by atomic mass is 19.4. The first-order valence-electron chi connectivity index (χ1n) is 15.3. The molecule has 4 atom stereocenters. The number of halogens is 3. The largest absolute Gasteiger partial charge is 0.508 e. The number of likely N-dealkylation sites (N-methyl/N-ethyl adjacent to an activating group) is 1. The van der Waals surface area contributed by atoms with E-state index in [1.54, 1.807) is 0 Å². The Balaban J connectivity index is 1.66. The minimum absolute atomic E-state index is 0.0363. The Morgan fingerprint density at radius 2 is 1.78 bits per heavy atom. The molecule has 6 N–H and O–H groups in total. The number of rotatable bonds is 8. The lowest BCUT2D eigenvalue weighted by atomic mass is 9.57. The molecule has 10 nitrogen and oxygen atoms in total. The number of carbonyl (C=O) groups is 3. The highest BCUT2D eigenvalue weighted by Crippen LogP contribution is 2.54. The quantitative estimate of drug-likeness (QED) is 0.269. The maximum atomic E-state index is 14.9. The molecule has 1 aromatic carbocycles. The second-order valence-electron chi connectivity index (χ2n) is 13.3. The van der Waals surface area contributed by atoms with E-state index in [1.165, 1.54) is 19.0 Å². The molecule has 4 aliphatic carbocycles. The van der Waals surface area contributed by atoms with Crippen molar-refractivity contribution in [1.29, 1.82) is 0 Å². The molecule has 246 valence electrons. The van der Waals surface area contributed by atoms with E-state index < -0.39 is 93.1 Å². The van der Waals surface area contributed by atoms with Gasteiger partial charge in [0.05, 0.1) is 17.2 Å². The Labute approximate surface area is 259 Å². The van der Waals surface area contributed by atoms with E-state index >= 15 is 0 Å². The van der Waals surface area contributed by atoms with Crippen molar-refractivity contribution in [2.24, 2.45) is 23.0 Å². The van der Waals surface area contributed by atoms with Crippen molar-refractivity contribution in [2.75, 3.05) is 27.2 Å². The third kappa shape index (κ3) is 4.94. The molecule has 0 heterocycles. The van der Waals surface area contributed by atoms with Crippen LogP contribution in [-0.4, -0.2) is 86.5 Å². The van der Waals surface area contributed by atoms with E-state index in [0.717, 1.165) is 31.7 Å². The third-order valence-electron chi connectivity index (χ3n) is 10.7. The van der Waals surface area contributed by atoms with Crippen molar-refractivity contribution in [3.63, 3.8) is 0 Å². The topological polar surface area (TPSA) is 165 Å². The number of carbonyl (C=O) groups excluding carboxylic acids is 3. The first-order chi connectivity index (χ1) is 20.9. The third-order valence-corrected chi connectivity index (χ3v) is 10.7. The lowest BCUT2D eigenvalue weighted by molar-refractivity contribution is -0.153. The number of Topliss-reactive ketones (excluding diaryl/α,β-unsaturated/α-hetero) is 2. The number of phenolic OH excluding ortho intramolecular Hbond substituents is 1. The Kier molecular flexibility index (Phi) is 8.15. The van der Waals surface area contributed by atoms with Crippen LogP contribution in [0.15, 0.2) is 23.0 Å². The van der Waals surface area contributed by atoms with Crippen LogP contribution in [0.3, 0.4) is 0 Å². The lowest BCUT2D eigenvalue weighted by Gasteiger charge is -2.50. The summed E-state index contributed by atoms with van der Waals surface area (Å²) in [6.45, 7) is 4.93. The Hall–Kier alpha value is -3.42. The second-order valence-corrected chi connectivity index (χ2v) is 13.3. The molecule has 0 radical (unpaired) electrons. The molecule has 1 aromatic rings. The number of fused-ring (bicyclic) bond motifs is 3. The molecule has 4 aliphatic rings. The summed E-state index contributed by atoms with van der Waals surface area (Å²) in [5.41, 5.74) is -1.09. The summed E-state index contributed by atoms with van der Waals surface area (Å²) in [5.74, 6) is -8.95. The molecule has 0 bridgehead atoms. The van der Waals surface area contributed by atoms with Gasteiger partial charge in [-0.1, -0.05) is 20.3 Å². The number of primary amides is 1. The van der Waals surface area contributed by atoms with Crippen LogP contribution >= 0.6 is 0 Å². The van der Waals surface area contributed by atoms with Gasteiger partial charge < -0.3 is 26.2 Å². The normalized spacial score (nSPS) is 27.8. The van der Waals surface area contributed by atoms with Gasteiger partial charge in [-0.05, 0) is 81.3 Å². The molecule has 0 aromatic heterocycles. The highest BCUT2D eigenvalue weighted by Gasteiger charge is 2.64. The first kappa shape index (κ1) is 33.0. The van der Waals surface area contributed by atoms with E-state index in [9.17, 15) is 48.0 Å². The maximum absolute atomic E-state index is 14.9. The van der Waals surface area contributed by atoms with Crippen LogP contribution < -0.4 is 5.73 Å². The average molecular weight is 636 g/mol. The zero-order valence-electron chi connectivity index (χ0n) is 25.8. The van der Waals surface area contributed by atoms with Crippen molar-refractivity contribution in [2.45, 2.75) is 76.7 Å². The number of nitrogens with two attached hydrogens (primary N) is 1. The van der Waals surface area contributed by atoms with Gasteiger partial charge in [-0.3, -0.25) is 24.2 Å². The van der Waals surface area contributed by atoms with Gasteiger partial charge in [0.25, 0.3) is 5.91 Å². The van der Waals surface area contributed by atoms with Gasteiger partial charge in [0.2, 0.25) is 5.78 Å². The molecule has 0 aliphatic heterocycles. The number of benzene rings is 1. The number of aliphatic hydroxyl groups is 3. The van der Waals surface area contributed by atoms with Crippen LogP contribution in [-0.2, 0) is 33.5 Å². The second kappa shape index (κ2) is 11.1. The fraction of sp³-hybridized carbons (Fsp3) is 0.594. The zero-order valence-corrected chi connectivity index (χ0v) is 25.8. The molecule has 0 saturated heterocycles. The molecule has 0 spiro atoms. The minimum atomic E-state index is -4.88. The van der Waals surface area contributed by atoms with Crippen molar-refractivity contribution in [1.82, 2.24) is 9.80 Å². The molecule has 2 fully saturated rings. The van der Waals surface area contributed by atoms with Crippen LogP contribution in [0.25, 0.3) is 5.76 Å². The highest BCUT2D eigenvalue weighted by molar-refractivity contribution is 6.24. The van der Waals surface area contributed by atoms with Gasteiger partial charge in [0.1, 0.15) is 22.8 Å². The number of amides is 1. The predicted molar refractivity (Wildman–Crippen MR) is 157 cm³/mol. The number of hydrogen-bond donors (Lipinski definition) is 5. The van der Waals surface area contributed by atoms with Crippen LogP contribution in [0.2, 0.25) is 0 Å². The molecular formula is C32H40F3N3O7. The minimum Gasteiger partial charge on any atom is -0.508 e. The smallest absolute Gasteiger partial charge is 0.417 e. The SMILES string of the molecule is CCN(Cc1cc(O)c2c(c1C(F)(F)F)C[C@H]1C[C@H]3[C@H](N(C)C)C(=O)C(C(N)=O)=C(O)[C@@]3(O)C(=O)C1=C2O)CC1(CC)CCC1. The Morgan fingerprint density at radius 1 is 1.13 bits per heavy atom. The number of ketones is 2. The van der Waals surface area contributed by atoms with Gasteiger partial charge in [-0.15, -0.1) is 0 Å². The van der Waals surface area contributed by atoms with E-state index in [0.29, 0.717) is 13.1 Å². The number of alkyl halides is 3. The van der Waals surface area contributed by atoms with Gasteiger partial charge in [0, 0.05) is 24.6 Å². The van der Waals surface area contributed by atoms with Crippen molar-refractivity contribution >= 4 is 23.2 Å². The van der Waals surface area contributed by atoms with Crippen LogP contribution in [0.4, 0.5) is 13.2 Å². The summed E-state index contributed by atoms with van der Waals surface area (Å²) < 4.78 is 44.7. The summed E-state index contributed by atoms with van der Waals surface area (Å²) in [7, 11) is 2.90. The molecule has 13 heteroatoms. The van der Waals surface area contributed by atoms with E-state index in [-0.39, 0.29) is 29.5 Å². The fourth-order valence-corrected chi connectivity index (χ4v) is 8.16. The summed E-state index contributed by atoms with van der Waals surface area (Å²) in [6, 6.07) is -0.366. The number of phenols is 1. The number of hydrogen-bond acceptors (Lipinski definition) is 9. The van der Waals surface area contributed by atoms with Gasteiger partial charge in [-0.25, -0.2) is 0 Å². The lowest BCUT2D eigenvalue weighted by Crippen LogP contribution is -2.65. The molecule has 45 heavy (non-hydrogen) atoms. The number of aliphatic hydroxyl groups excluding tert-OH is 2. The zero-order chi connectivity index (χ0) is 33.4. The van der Waals surface area contributed by atoms with E-state index in [1.807, 2.05) is 11.8 Å². The van der Waals surface area contributed by atoms with Gasteiger partial charge in [0.15, 0.2) is 11.4 Å². The maximum Gasteiger partial charge on any atom is 0.417 e. The van der Waals surface area contributed by atoms with Crippen molar-refractivity contribution in [3.05, 3.63) is 45.2 Å². The standard InChI is InChI=1S/C32H40F3N3O7/c1-5-30(8-7-9-30)14-38(6-2)13-16-12-19(39)21-17(23(16)32(33,34)35)10-15-11-18-24(37(3)4)26(41)22(29(36)44)28(43)31(18,45)27(42)20(15)25(21)40/h12,15,18,24,39-40,43,45H,5-11,13-14H2,1-4H3,(H2,36,44)/t15-,18-,24-,31-/m0/s1. The number of nitrogens with zero attached hydrogens (tertiary/aromatic N) is 2. The summed E-state index contributed by atoms with van der Waals surface area (Å²) in [5, 5.41) is 45.1. The van der Waals surface area contributed by atoms with Crippen molar-refractivity contribution < 1.29 is 48.0 Å². The van der Waals surface area contributed by atoms with Crippen LogP contribution in [0, 0.1) is 17.3 Å². The molecule has 5 rings (SSSR count). The Bertz CT molecular complexity index is 1520. The fourth-order valence-electron chi connectivity index (χ4n) is 8.16. The molecular weight excluding hydrogens is 595 g/mol. The Morgan fingerprint density at radius 3 is 2.27 bits per heavy atom. The monoisotopic (exact) mass is 635 g/mol. The van der Waals surface area contributed by atoms with Crippen LogP contribution in [0.5, 0.6) is 5.75 Å². The summed E-state index contributed by atoms with van der Waals surface area (Å²) in [6.07, 6.45) is -1.65. The number of aromatic hydroxyl groups is 1. The first-order valence-corrected chi connectivity index (χ1v) is 15.3. The van der Waals surface area contributed by atoms with E-state index in [2.05, 4.69) is 6.92 Å². The van der Waals surface area contributed by atoms with E-state index in [4.69, 9.17) is 5.73 Å². The van der Waals surface area contributed by atoms with Crippen molar-refractivity contribution in [3.8, 4) is 5.75 Å². The molecule has 0 unspecified atom stereocenters. The molecule has 1 amide bonds. The van der Waals surface area contributed by atoms with Gasteiger partial charge >= 0.3 is 6.18 Å². The summed E-state index contributed by atoms with van der Waals surface area (Å²) >= 11 is 0. The predicted octanol–water partition coefficient (Wildman–Crippen LogP) is 3.39. The van der Waals surface area contributed by atoms with Crippen LogP contribution in [0.1, 0.15) is 68.2 Å². The average Bonchev–Trinajstić information content (AvgIpc) is 2.90. The van der Waals surface area contributed by atoms with Gasteiger partial charge in [-0.2, -0.15) is 13.2 Å². The molecule has 2 saturated carbocycles.